The number of aliphatic hydroxyl groups is 1. The van der Waals surface area contributed by atoms with Crippen LogP contribution in [0.25, 0.3) is 0 Å². The van der Waals surface area contributed by atoms with Crippen molar-refractivity contribution < 1.29 is 5.11 Å². The molecule has 166 valence electrons. The molecule has 1 atom stereocenters. The van der Waals surface area contributed by atoms with E-state index < -0.39 is 0 Å². The monoisotopic (exact) mass is 418 g/mol. The van der Waals surface area contributed by atoms with E-state index in [1.165, 1.54) is 16.7 Å². The molecule has 0 fully saturated rings. The summed E-state index contributed by atoms with van der Waals surface area (Å²) in [5.74, 6) is 0.599. The van der Waals surface area contributed by atoms with Gasteiger partial charge in [-0.15, -0.1) is 0 Å². The zero-order valence-corrected chi connectivity index (χ0v) is 19.2. The van der Waals surface area contributed by atoms with Gasteiger partial charge >= 0.3 is 0 Å². The fourth-order valence-corrected chi connectivity index (χ4v) is 3.30. The van der Waals surface area contributed by atoms with Gasteiger partial charge in [-0.25, -0.2) is 0 Å². The van der Waals surface area contributed by atoms with Gasteiger partial charge in [0.1, 0.15) is 0 Å². The molecule has 0 aromatic heterocycles. The fraction of sp³-hybridized carbons (Fsp3) is 0.357. The minimum absolute atomic E-state index is 0.365. The van der Waals surface area contributed by atoms with Gasteiger partial charge in [-0.05, 0) is 30.5 Å². The largest absolute Gasteiger partial charge is 0.390 e. The lowest BCUT2D eigenvalue weighted by Gasteiger charge is -2.26. The second-order valence-corrected chi connectivity index (χ2v) is 8.50. The third kappa shape index (κ3) is 11.5. The van der Waals surface area contributed by atoms with Crippen LogP contribution in [-0.2, 0) is 13.1 Å². The summed E-state index contributed by atoms with van der Waals surface area (Å²) in [7, 11) is 0. The summed E-state index contributed by atoms with van der Waals surface area (Å²) in [5.41, 5.74) is 3.87. The normalized spacial score (nSPS) is 11.8. The van der Waals surface area contributed by atoms with E-state index in [2.05, 4.69) is 91.7 Å². The van der Waals surface area contributed by atoms with Crippen LogP contribution in [-0.4, -0.2) is 35.7 Å². The van der Waals surface area contributed by atoms with E-state index in [0.717, 1.165) is 19.6 Å². The molecule has 3 nitrogen and oxygen atoms in total. The molecule has 3 rings (SSSR count). The highest BCUT2D eigenvalue weighted by Gasteiger charge is 2.13. The molecule has 0 aliphatic rings. The summed E-state index contributed by atoms with van der Waals surface area (Å²) < 4.78 is 0. The van der Waals surface area contributed by atoms with Gasteiger partial charge in [0.2, 0.25) is 0 Å². The second-order valence-electron chi connectivity index (χ2n) is 8.50. The van der Waals surface area contributed by atoms with Crippen molar-refractivity contribution >= 4 is 0 Å². The Morgan fingerprint density at radius 3 is 1.55 bits per heavy atom. The van der Waals surface area contributed by atoms with Crippen molar-refractivity contribution in [3.63, 3.8) is 0 Å². The van der Waals surface area contributed by atoms with E-state index in [0.29, 0.717) is 19.0 Å². The summed E-state index contributed by atoms with van der Waals surface area (Å²) in [4.78, 5) is 2.31. The number of hydrogen-bond acceptors (Lipinski definition) is 3. The third-order valence-corrected chi connectivity index (χ3v) is 4.84. The minimum Gasteiger partial charge on any atom is -0.390 e. The van der Waals surface area contributed by atoms with Crippen LogP contribution in [0, 0.1) is 12.8 Å². The van der Waals surface area contributed by atoms with Gasteiger partial charge < -0.3 is 10.4 Å². The SMILES string of the molecule is CC(C)CNCC(O)CN(Cc1ccccc1)Cc1ccccc1.Cc1ccccc1. The highest BCUT2D eigenvalue weighted by Crippen LogP contribution is 2.10. The molecule has 0 aliphatic heterocycles. The molecule has 3 aromatic carbocycles. The third-order valence-electron chi connectivity index (χ3n) is 4.84. The molecular weight excluding hydrogens is 380 g/mol. The van der Waals surface area contributed by atoms with Crippen molar-refractivity contribution in [2.24, 2.45) is 5.92 Å². The van der Waals surface area contributed by atoms with Crippen molar-refractivity contribution in [3.05, 3.63) is 108 Å². The second kappa shape index (κ2) is 14.5. The van der Waals surface area contributed by atoms with Crippen molar-refractivity contribution in [1.82, 2.24) is 10.2 Å². The minimum atomic E-state index is -0.365. The summed E-state index contributed by atoms with van der Waals surface area (Å²) >= 11 is 0. The summed E-state index contributed by atoms with van der Waals surface area (Å²) in [6, 6.07) is 31.2. The Bertz CT molecular complexity index is 765. The van der Waals surface area contributed by atoms with Crippen LogP contribution in [0.5, 0.6) is 0 Å². The topological polar surface area (TPSA) is 35.5 Å². The number of rotatable bonds is 10. The van der Waals surface area contributed by atoms with Crippen LogP contribution in [0.15, 0.2) is 91.0 Å². The van der Waals surface area contributed by atoms with Crippen LogP contribution < -0.4 is 5.32 Å². The van der Waals surface area contributed by atoms with Crippen LogP contribution >= 0.6 is 0 Å². The maximum absolute atomic E-state index is 10.4. The molecular formula is C28H38N2O. The maximum Gasteiger partial charge on any atom is 0.0791 e. The summed E-state index contributed by atoms with van der Waals surface area (Å²) in [6.07, 6.45) is -0.365. The van der Waals surface area contributed by atoms with Crippen molar-refractivity contribution in [3.8, 4) is 0 Å². The Kier molecular flexibility index (Phi) is 11.6. The van der Waals surface area contributed by atoms with Crippen LogP contribution in [0.1, 0.15) is 30.5 Å². The van der Waals surface area contributed by atoms with E-state index in [1.807, 2.05) is 30.3 Å². The average molecular weight is 419 g/mol. The van der Waals surface area contributed by atoms with E-state index in [1.54, 1.807) is 0 Å². The number of aliphatic hydroxyl groups excluding tert-OH is 1. The first-order valence-corrected chi connectivity index (χ1v) is 11.2. The van der Waals surface area contributed by atoms with Gasteiger partial charge in [0, 0.05) is 26.2 Å². The zero-order chi connectivity index (χ0) is 22.3. The molecule has 0 saturated carbocycles. The van der Waals surface area contributed by atoms with Gasteiger partial charge in [0.05, 0.1) is 6.10 Å². The van der Waals surface area contributed by atoms with Crippen LogP contribution in [0.2, 0.25) is 0 Å². The molecule has 3 aromatic rings. The van der Waals surface area contributed by atoms with Gasteiger partial charge in [-0.1, -0.05) is 110 Å². The Morgan fingerprint density at radius 1 is 0.710 bits per heavy atom. The smallest absolute Gasteiger partial charge is 0.0791 e. The van der Waals surface area contributed by atoms with E-state index >= 15 is 0 Å². The van der Waals surface area contributed by atoms with Gasteiger partial charge in [0.15, 0.2) is 0 Å². The van der Waals surface area contributed by atoms with Crippen LogP contribution in [0.3, 0.4) is 0 Å². The quantitative estimate of drug-likeness (QED) is 0.470. The summed E-state index contributed by atoms with van der Waals surface area (Å²) in [6.45, 7) is 10.4. The first-order valence-electron chi connectivity index (χ1n) is 11.2. The lowest BCUT2D eigenvalue weighted by molar-refractivity contribution is 0.103. The van der Waals surface area contributed by atoms with Gasteiger partial charge in [0.25, 0.3) is 0 Å². The van der Waals surface area contributed by atoms with Crippen molar-refractivity contribution in [2.45, 2.75) is 40.0 Å². The molecule has 0 heterocycles. The van der Waals surface area contributed by atoms with Gasteiger partial charge in [-0.3, -0.25) is 4.90 Å². The average Bonchev–Trinajstić information content (AvgIpc) is 2.76. The number of aryl methyl sites for hydroxylation is 1. The Morgan fingerprint density at radius 2 is 1.16 bits per heavy atom. The predicted octanol–water partition coefficient (Wildman–Crippen LogP) is 5.29. The van der Waals surface area contributed by atoms with E-state index in [9.17, 15) is 5.11 Å². The maximum atomic E-state index is 10.4. The Balaban J connectivity index is 0.000000412. The molecule has 0 spiro atoms. The molecule has 0 bridgehead atoms. The van der Waals surface area contributed by atoms with Crippen LogP contribution in [0.4, 0.5) is 0 Å². The Labute approximate surface area is 188 Å². The lowest BCUT2D eigenvalue weighted by atomic mass is 10.1. The number of hydrogen-bond donors (Lipinski definition) is 2. The molecule has 0 saturated heterocycles. The predicted molar refractivity (Wildman–Crippen MR) is 132 cm³/mol. The standard InChI is InChI=1S/C21H30N2O.C7H8/c1-18(2)13-22-14-21(24)17-23(15-19-9-5-3-6-10-19)16-20-11-7-4-8-12-20;1-7-5-3-2-4-6-7/h3-12,18,21-22,24H,13-17H2,1-2H3;2-6H,1H3. The Hall–Kier alpha value is -2.46. The molecule has 1 unspecified atom stereocenters. The summed E-state index contributed by atoms with van der Waals surface area (Å²) in [5, 5.41) is 13.7. The van der Waals surface area contributed by atoms with E-state index in [-0.39, 0.29) is 6.10 Å². The van der Waals surface area contributed by atoms with E-state index in [4.69, 9.17) is 0 Å². The number of nitrogens with zero attached hydrogens (tertiary/aromatic N) is 1. The van der Waals surface area contributed by atoms with Crippen molar-refractivity contribution in [1.29, 1.82) is 0 Å². The number of benzene rings is 3. The molecule has 31 heavy (non-hydrogen) atoms. The lowest BCUT2D eigenvalue weighted by Crippen LogP contribution is -2.38. The zero-order valence-electron chi connectivity index (χ0n) is 19.2. The highest BCUT2D eigenvalue weighted by atomic mass is 16.3. The molecule has 2 N–H and O–H groups in total. The molecule has 3 heteroatoms. The first kappa shape index (κ1) is 24.8. The molecule has 0 radical (unpaired) electrons. The number of nitrogens with one attached hydrogen (secondary N) is 1. The first-order chi connectivity index (χ1) is 15.0. The fourth-order valence-electron chi connectivity index (χ4n) is 3.30. The highest BCUT2D eigenvalue weighted by molar-refractivity contribution is 5.17. The van der Waals surface area contributed by atoms with Gasteiger partial charge in [-0.2, -0.15) is 0 Å². The van der Waals surface area contributed by atoms with Crippen molar-refractivity contribution in [2.75, 3.05) is 19.6 Å². The molecule has 0 aliphatic carbocycles. The molecule has 0 amide bonds.